The SMILES string of the molecule is COC(=O)c1cccc(S(=O)(=O)N2CCC(C(=O)O)CC2)c1C. The lowest BCUT2D eigenvalue weighted by molar-refractivity contribution is -0.142. The van der Waals surface area contributed by atoms with Crippen molar-refractivity contribution in [2.24, 2.45) is 5.92 Å². The first-order chi connectivity index (χ1) is 10.8. The van der Waals surface area contributed by atoms with Crippen molar-refractivity contribution in [1.82, 2.24) is 4.31 Å². The third-order valence-electron chi connectivity index (χ3n) is 4.11. The third-order valence-corrected chi connectivity index (χ3v) is 6.15. The topological polar surface area (TPSA) is 101 Å². The number of carboxylic acid groups (broad SMARTS) is 1. The van der Waals surface area contributed by atoms with Crippen molar-refractivity contribution < 1.29 is 27.9 Å². The highest BCUT2D eigenvalue weighted by molar-refractivity contribution is 7.89. The quantitative estimate of drug-likeness (QED) is 0.828. The van der Waals surface area contributed by atoms with Crippen LogP contribution in [0.15, 0.2) is 23.1 Å². The minimum absolute atomic E-state index is 0.0502. The van der Waals surface area contributed by atoms with Gasteiger partial charge in [-0.3, -0.25) is 4.79 Å². The number of ether oxygens (including phenoxy) is 1. The number of hydrogen-bond donors (Lipinski definition) is 1. The van der Waals surface area contributed by atoms with E-state index in [2.05, 4.69) is 4.74 Å². The van der Waals surface area contributed by atoms with Gasteiger partial charge in [0.25, 0.3) is 0 Å². The second kappa shape index (κ2) is 6.67. The van der Waals surface area contributed by atoms with E-state index in [1.807, 2.05) is 0 Å². The highest BCUT2D eigenvalue weighted by atomic mass is 32.2. The Morgan fingerprint density at radius 2 is 1.87 bits per heavy atom. The van der Waals surface area contributed by atoms with Crippen LogP contribution in [-0.2, 0) is 19.6 Å². The second-order valence-corrected chi connectivity index (χ2v) is 7.34. The van der Waals surface area contributed by atoms with Crippen LogP contribution in [-0.4, -0.2) is 50.0 Å². The van der Waals surface area contributed by atoms with Gasteiger partial charge in [0, 0.05) is 13.1 Å². The van der Waals surface area contributed by atoms with Gasteiger partial charge in [-0.05, 0) is 37.5 Å². The van der Waals surface area contributed by atoms with Crippen molar-refractivity contribution in [3.63, 3.8) is 0 Å². The Hall–Kier alpha value is -1.93. The standard InChI is InChI=1S/C15H19NO6S/c1-10-12(15(19)22-2)4-3-5-13(10)23(20,21)16-8-6-11(7-9-16)14(17)18/h3-5,11H,6-9H2,1-2H3,(H,17,18). The molecule has 0 spiro atoms. The van der Waals surface area contributed by atoms with Crippen LogP contribution in [0.2, 0.25) is 0 Å². The fourth-order valence-electron chi connectivity index (χ4n) is 2.71. The van der Waals surface area contributed by atoms with E-state index < -0.39 is 27.9 Å². The summed E-state index contributed by atoms with van der Waals surface area (Å²) in [5.41, 5.74) is 0.536. The molecule has 1 aliphatic heterocycles. The van der Waals surface area contributed by atoms with Crippen molar-refractivity contribution in [2.75, 3.05) is 20.2 Å². The number of nitrogens with zero attached hydrogens (tertiary/aromatic N) is 1. The van der Waals surface area contributed by atoms with Crippen LogP contribution in [0, 0.1) is 12.8 Å². The van der Waals surface area contributed by atoms with Gasteiger partial charge in [-0.25, -0.2) is 13.2 Å². The number of piperidine rings is 1. The summed E-state index contributed by atoms with van der Waals surface area (Å²) in [5.74, 6) is -2.00. The summed E-state index contributed by atoms with van der Waals surface area (Å²) < 4.78 is 31.5. The number of carboxylic acids is 1. The Morgan fingerprint density at radius 3 is 2.39 bits per heavy atom. The molecule has 0 aliphatic carbocycles. The minimum atomic E-state index is -3.77. The predicted molar refractivity (Wildman–Crippen MR) is 81.6 cm³/mol. The van der Waals surface area contributed by atoms with Crippen LogP contribution in [0.1, 0.15) is 28.8 Å². The van der Waals surface area contributed by atoms with E-state index in [-0.39, 0.29) is 36.4 Å². The number of methoxy groups -OCH3 is 1. The van der Waals surface area contributed by atoms with Crippen LogP contribution in [0.25, 0.3) is 0 Å². The first-order valence-corrected chi connectivity index (χ1v) is 8.64. The fourth-order valence-corrected chi connectivity index (χ4v) is 4.42. The first-order valence-electron chi connectivity index (χ1n) is 7.20. The largest absolute Gasteiger partial charge is 0.481 e. The molecule has 126 valence electrons. The summed E-state index contributed by atoms with van der Waals surface area (Å²) in [7, 11) is -2.54. The van der Waals surface area contributed by atoms with E-state index in [0.717, 1.165) is 0 Å². The molecule has 1 fully saturated rings. The Kier molecular flexibility index (Phi) is 5.06. The van der Waals surface area contributed by atoms with Crippen molar-refractivity contribution >= 4 is 22.0 Å². The molecule has 1 heterocycles. The second-order valence-electron chi connectivity index (χ2n) is 5.44. The lowest BCUT2D eigenvalue weighted by Crippen LogP contribution is -2.40. The molecule has 1 saturated heterocycles. The Bertz CT molecular complexity index is 719. The van der Waals surface area contributed by atoms with Gasteiger partial charge in [0.1, 0.15) is 0 Å². The highest BCUT2D eigenvalue weighted by Gasteiger charge is 2.33. The lowest BCUT2D eigenvalue weighted by Gasteiger charge is -2.29. The molecule has 0 unspecified atom stereocenters. The smallest absolute Gasteiger partial charge is 0.338 e. The molecular weight excluding hydrogens is 322 g/mol. The van der Waals surface area contributed by atoms with Crippen LogP contribution in [0.5, 0.6) is 0 Å². The fraction of sp³-hybridized carbons (Fsp3) is 0.467. The third kappa shape index (κ3) is 3.37. The number of esters is 1. The zero-order valence-electron chi connectivity index (χ0n) is 13.0. The molecule has 1 aliphatic rings. The van der Waals surface area contributed by atoms with Gasteiger partial charge in [-0.15, -0.1) is 0 Å². The van der Waals surface area contributed by atoms with Gasteiger partial charge in [0.05, 0.1) is 23.5 Å². The normalized spacial score (nSPS) is 17.0. The average Bonchev–Trinajstić information content (AvgIpc) is 2.54. The molecular formula is C15H19NO6S. The number of carbonyl (C=O) groups is 2. The maximum Gasteiger partial charge on any atom is 0.338 e. The van der Waals surface area contributed by atoms with E-state index in [4.69, 9.17) is 5.11 Å². The van der Waals surface area contributed by atoms with Crippen LogP contribution >= 0.6 is 0 Å². The summed E-state index contributed by atoms with van der Waals surface area (Å²) in [6, 6.07) is 4.45. The molecule has 7 nitrogen and oxygen atoms in total. The van der Waals surface area contributed by atoms with Gasteiger partial charge in [0.2, 0.25) is 10.0 Å². The van der Waals surface area contributed by atoms with Gasteiger partial charge < -0.3 is 9.84 Å². The van der Waals surface area contributed by atoms with Crippen molar-refractivity contribution in [2.45, 2.75) is 24.7 Å². The molecule has 0 saturated carbocycles. The van der Waals surface area contributed by atoms with Crippen LogP contribution < -0.4 is 0 Å². The number of benzene rings is 1. The summed E-state index contributed by atoms with van der Waals surface area (Å²) >= 11 is 0. The molecule has 1 N–H and O–H groups in total. The summed E-state index contributed by atoms with van der Waals surface area (Å²) in [6.07, 6.45) is 0.564. The number of aliphatic carboxylic acids is 1. The summed E-state index contributed by atoms with van der Waals surface area (Å²) in [4.78, 5) is 22.7. The minimum Gasteiger partial charge on any atom is -0.481 e. The van der Waals surface area contributed by atoms with E-state index in [1.165, 1.54) is 29.6 Å². The number of rotatable bonds is 4. The summed E-state index contributed by atoms with van der Waals surface area (Å²) in [6.45, 7) is 1.87. The molecule has 0 aromatic heterocycles. The molecule has 8 heteroatoms. The molecule has 1 aromatic carbocycles. The van der Waals surface area contributed by atoms with Gasteiger partial charge in [0.15, 0.2) is 0 Å². The van der Waals surface area contributed by atoms with Crippen molar-refractivity contribution in [1.29, 1.82) is 0 Å². The zero-order chi connectivity index (χ0) is 17.2. The predicted octanol–water partition coefficient (Wildman–Crippen LogP) is 1.27. The van der Waals surface area contributed by atoms with E-state index in [1.54, 1.807) is 6.92 Å². The molecule has 0 bridgehead atoms. The monoisotopic (exact) mass is 341 g/mol. The van der Waals surface area contributed by atoms with E-state index in [9.17, 15) is 18.0 Å². The Morgan fingerprint density at radius 1 is 1.26 bits per heavy atom. The number of carbonyl (C=O) groups excluding carboxylic acids is 1. The van der Waals surface area contributed by atoms with Crippen LogP contribution in [0.4, 0.5) is 0 Å². The maximum absolute atomic E-state index is 12.8. The Balaban J connectivity index is 2.31. The van der Waals surface area contributed by atoms with Crippen LogP contribution in [0.3, 0.4) is 0 Å². The molecule has 0 radical (unpaired) electrons. The molecule has 0 amide bonds. The van der Waals surface area contributed by atoms with Crippen molar-refractivity contribution in [3.05, 3.63) is 29.3 Å². The lowest BCUT2D eigenvalue weighted by atomic mass is 9.99. The van der Waals surface area contributed by atoms with E-state index >= 15 is 0 Å². The van der Waals surface area contributed by atoms with Gasteiger partial charge >= 0.3 is 11.9 Å². The highest BCUT2D eigenvalue weighted by Crippen LogP contribution is 2.27. The number of hydrogen-bond acceptors (Lipinski definition) is 5. The Labute approximate surface area is 134 Å². The van der Waals surface area contributed by atoms with Gasteiger partial charge in [-0.2, -0.15) is 4.31 Å². The molecule has 1 aromatic rings. The maximum atomic E-state index is 12.8. The molecule has 2 rings (SSSR count). The summed E-state index contributed by atoms with van der Waals surface area (Å²) in [5, 5.41) is 8.99. The zero-order valence-corrected chi connectivity index (χ0v) is 13.8. The average molecular weight is 341 g/mol. The molecule has 23 heavy (non-hydrogen) atoms. The van der Waals surface area contributed by atoms with E-state index in [0.29, 0.717) is 5.56 Å². The molecule has 0 atom stereocenters. The van der Waals surface area contributed by atoms with Crippen molar-refractivity contribution in [3.8, 4) is 0 Å². The first kappa shape index (κ1) is 17.4. The number of sulfonamides is 1. The van der Waals surface area contributed by atoms with Gasteiger partial charge in [-0.1, -0.05) is 6.07 Å².